The van der Waals surface area contributed by atoms with Gasteiger partial charge in [-0.25, -0.2) is 4.98 Å². The van der Waals surface area contributed by atoms with Crippen molar-refractivity contribution in [1.82, 2.24) is 15.1 Å². The summed E-state index contributed by atoms with van der Waals surface area (Å²) in [5.74, 6) is 0.629. The molecule has 3 heterocycles. The van der Waals surface area contributed by atoms with Crippen LogP contribution in [-0.4, -0.2) is 21.1 Å². The van der Waals surface area contributed by atoms with Gasteiger partial charge in [-0.2, -0.15) is 4.98 Å². The van der Waals surface area contributed by atoms with Gasteiger partial charge in [0, 0.05) is 17.5 Å². The number of hydrogen-bond donors (Lipinski definition) is 1. The molecule has 0 unspecified atom stereocenters. The molecule has 9 heteroatoms. The number of aromatic nitrogens is 3. The monoisotopic (exact) mass is 412 g/mol. The third-order valence-electron chi connectivity index (χ3n) is 3.71. The van der Waals surface area contributed by atoms with E-state index in [2.05, 4.69) is 20.4 Å². The Kier molecular flexibility index (Phi) is 5.74. The molecule has 0 aliphatic heterocycles. The fourth-order valence-electron chi connectivity index (χ4n) is 2.37. The van der Waals surface area contributed by atoms with Crippen molar-refractivity contribution in [2.24, 2.45) is 0 Å². The molecular formula is C19H16N4O3S2. The fourth-order valence-corrected chi connectivity index (χ4v) is 3.74. The first-order valence-corrected chi connectivity index (χ1v) is 10.3. The number of nitrogens with one attached hydrogen (secondary N) is 1. The van der Waals surface area contributed by atoms with Crippen LogP contribution >= 0.6 is 22.7 Å². The van der Waals surface area contributed by atoms with E-state index >= 15 is 0 Å². The van der Waals surface area contributed by atoms with Crippen molar-refractivity contribution in [2.75, 3.05) is 5.32 Å². The molecular weight excluding hydrogens is 396 g/mol. The maximum absolute atomic E-state index is 12.0. The summed E-state index contributed by atoms with van der Waals surface area (Å²) >= 11 is 3.00. The average molecular weight is 412 g/mol. The molecule has 1 N–H and O–H groups in total. The predicted octanol–water partition coefficient (Wildman–Crippen LogP) is 4.67. The normalized spacial score (nSPS) is 10.7. The van der Waals surface area contributed by atoms with E-state index in [0.29, 0.717) is 23.8 Å². The third-order valence-corrected chi connectivity index (χ3v) is 5.38. The van der Waals surface area contributed by atoms with Gasteiger partial charge in [-0.1, -0.05) is 29.4 Å². The highest BCUT2D eigenvalue weighted by molar-refractivity contribution is 7.14. The van der Waals surface area contributed by atoms with Crippen LogP contribution in [0, 0.1) is 0 Å². The van der Waals surface area contributed by atoms with E-state index in [1.54, 1.807) is 0 Å². The smallest absolute Gasteiger partial charge is 0.306 e. The number of anilines is 2. The molecule has 0 aliphatic carbocycles. The van der Waals surface area contributed by atoms with E-state index in [1.165, 1.54) is 22.7 Å². The van der Waals surface area contributed by atoms with E-state index in [9.17, 15) is 4.79 Å². The van der Waals surface area contributed by atoms with Crippen LogP contribution in [0.4, 0.5) is 10.8 Å². The lowest BCUT2D eigenvalue weighted by molar-refractivity contribution is -0.145. The number of para-hydroxylation sites is 1. The van der Waals surface area contributed by atoms with Gasteiger partial charge in [0.25, 0.3) is 0 Å². The summed E-state index contributed by atoms with van der Waals surface area (Å²) in [7, 11) is 0. The first-order chi connectivity index (χ1) is 13.8. The minimum absolute atomic E-state index is 0.135. The Morgan fingerprint density at radius 1 is 1.11 bits per heavy atom. The van der Waals surface area contributed by atoms with Crippen LogP contribution in [0.25, 0.3) is 10.7 Å². The van der Waals surface area contributed by atoms with Crippen molar-refractivity contribution in [3.05, 3.63) is 64.8 Å². The number of thiazole rings is 1. The molecule has 4 rings (SSSR count). The number of carbonyl (C=O) groups is 1. The molecule has 0 saturated carbocycles. The molecule has 0 radical (unpaired) electrons. The number of esters is 1. The Hall–Kier alpha value is -3.04. The Labute approximate surface area is 169 Å². The molecule has 1 aromatic carbocycles. The highest BCUT2D eigenvalue weighted by atomic mass is 32.1. The second-order valence-electron chi connectivity index (χ2n) is 5.78. The second-order valence-corrected chi connectivity index (χ2v) is 7.59. The number of thiophene rings is 1. The van der Waals surface area contributed by atoms with Gasteiger partial charge >= 0.3 is 5.97 Å². The minimum atomic E-state index is -0.332. The summed E-state index contributed by atoms with van der Waals surface area (Å²) < 4.78 is 10.5. The van der Waals surface area contributed by atoms with Crippen molar-refractivity contribution in [3.63, 3.8) is 0 Å². The summed E-state index contributed by atoms with van der Waals surface area (Å²) in [6, 6.07) is 13.6. The van der Waals surface area contributed by atoms with Crippen molar-refractivity contribution in [3.8, 4) is 10.7 Å². The molecule has 0 saturated heterocycles. The molecule has 0 aliphatic rings. The topological polar surface area (TPSA) is 90.1 Å². The first kappa shape index (κ1) is 18.3. The number of benzene rings is 1. The van der Waals surface area contributed by atoms with Gasteiger partial charge in [0.15, 0.2) is 5.13 Å². The number of rotatable bonds is 8. The first-order valence-electron chi connectivity index (χ1n) is 8.55. The zero-order valence-corrected chi connectivity index (χ0v) is 16.3. The van der Waals surface area contributed by atoms with E-state index in [0.717, 1.165) is 15.7 Å². The standard InChI is InChI=1S/C19H16N4O3S2/c24-17(9-8-16-22-18(23-26-16)15-7-4-10-27-15)25-11-14-12-28-19(21-14)20-13-5-2-1-3-6-13/h1-7,10,12H,8-9,11H2,(H,20,21). The van der Waals surface area contributed by atoms with Gasteiger partial charge in [-0.05, 0) is 23.6 Å². The molecule has 0 amide bonds. The van der Waals surface area contributed by atoms with Crippen molar-refractivity contribution < 1.29 is 14.1 Å². The Morgan fingerprint density at radius 2 is 2.00 bits per heavy atom. The Balaban J connectivity index is 1.23. The van der Waals surface area contributed by atoms with Crippen molar-refractivity contribution >= 4 is 39.5 Å². The summed E-state index contributed by atoms with van der Waals surface area (Å²) in [6.07, 6.45) is 0.514. The zero-order valence-electron chi connectivity index (χ0n) is 14.7. The number of ether oxygens (including phenoxy) is 1. The predicted molar refractivity (Wildman–Crippen MR) is 108 cm³/mol. The maximum atomic E-state index is 12.0. The van der Waals surface area contributed by atoms with Crippen LogP contribution in [0.2, 0.25) is 0 Å². The highest BCUT2D eigenvalue weighted by Crippen LogP contribution is 2.22. The maximum Gasteiger partial charge on any atom is 0.306 e. The van der Waals surface area contributed by atoms with Crippen LogP contribution in [0.1, 0.15) is 18.0 Å². The molecule has 28 heavy (non-hydrogen) atoms. The van der Waals surface area contributed by atoms with E-state index in [-0.39, 0.29) is 19.0 Å². The lowest BCUT2D eigenvalue weighted by Crippen LogP contribution is -2.06. The largest absolute Gasteiger partial charge is 0.459 e. The molecule has 0 bridgehead atoms. The lowest BCUT2D eigenvalue weighted by atomic mass is 10.3. The van der Waals surface area contributed by atoms with E-state index in [1.807, 2.05) is 53.2 Å². The zero-order chi connectivity index (χ0) is 19.2. The van der Waals surface area contributed by atoms with Crippen LogP contribution in [0.15, 0.2) is 57.7 Å². The molecule has 3 aromatic heterocycles. The molecule has 0 spiro atoms. The summed E-state index contributed by atoms with van der Waals surface area (Å²) in [6.45, 7) is 0.135. The van der Waals surface area contributed by atoms with Crippen molar-refractivity contribution in [2.45, 2.75) is 19.4 Å². The lowest BCUT2D eigenvalue weighted by Gasteiger charge is -2.02. The summed E-state index contributed by atoms with van der Waals surface area (Å²) in [5.41, 5.74) is 1.66. The van der Waals surface area contributed by atoms with E-state index in [4.69, 9.17) is 9.26 Å². The van der Waals surface area contributed by atoms with Gasteiger partial charge in [0.2, 0.25) is 11.7 Å². The molecule has 142 valence electrons. The van der Waals surface area contributed by atoms with Gasteiger partial charge in [-0.3, -0.25) is 4.79 Å². The number of hydrogen-bond acceptors (Lipinski definition) is 9. The molecule has 4 aromatic rings. The second kappa shape index (κ2) is 8.77. The molecule has 0 atom stereocenters. The van der Waals surface area contributed by atoms with Crippen LogP contribution in [0.5, 0.6) is 0 Å². The van der Waals surface area contributed by atoms with Crippen LogP contribution < -0.4 is 5.32 Å². The molecule has 7 nitrogen and oxygen atoms in total. The number of nitrogens with zero attached hydrogens (tertiary/aromatic N) is 3. The van der Waals surface area contributed by atoms with Crippen LogP contribution in [-0.2, 0) is 22.6 Å². The van der Waals surface area contributed by atoms with Gasteiger partial charge in [0.1, 0.15) is 6.61 Å². The number of carbonyl (C=O) groups excluding carboxylic acids is 1. The molecule has 0 fully saturated rings. The fraction of sp³-hybridized carbons (Fsp3) is 0.158. The summed E-state index contributed by atoms with van der Waals surface area (Å²) in [5, 5.41) is 11.7. The highest BCUT2D eigenvalue weighted by Gasteiger charge is 2.12. The van der Waals surface area contributed by atoms with Gasteiger partial charge in [0.05, 0.1) is 17.0 Å². The Morgan fingerprint density at radius 3 is 2.82 bits per heavy atom. The van der Waals surface area contributed by atoms with Crippen molar-refractivity contribution in [1.29, 1.82) is 0 Å². The number of aryl methyl sites for hydroxylation is 1. The SMILES string of the molecule is O=C(CCc1nc(-c2cccs2)no1)OCc1csc(Nc2ccccc2)n1. The average Bonchev–Trinajstić information content (AvgIpc) is 3.47. The van der Waals surface area contributed by atoms with Gasteiger partial charge in [-0.15, -0.1) is 22.7 Å². The minimum Gasteiger partial charge on any atom is -0.459 e. The van der Waals surface area contributed by atoms with E-state index < -0.39 is 0 Å². The third kappa shape index (κ3) is 4.81. The quantitative estimate of drug-likeness (QED) is 0.420. The summed E-state index contributed by atoms with van der Waals surface area (Å²) in [4.78, 5) is 21.6. The van der Waals surface area contributed by atoms with Gasteiger partial charge < -0.3 is 14.6 Å². The van der Waals surface area contributed by atoms with Crippen LogP contribution in [0.3, 0.4) is 0 Å². The Bertz CT molecular complexity index is 1030.